The topological polar surface area (TPSA) is 108 Å². The smallest absolute Gasteiger partial charge is 0.337 e. The summed E-state index contributed by atoms with van der Waals surface area (Å²) in [5.74, 6) is -0.535. The molecular formula is C21H16N4O3S. The van der Waals surface area contributed by atoms with Gasteiger partial charge in [-0.3, -0.25) is 4.79 Å². The van der Waals surface area contributed by atoms with Crippen LogP contribution in [0.1, 0.15) is 10.4 Å². The van der Waals surface area contributed by atoms with Gasteiger partial charge in [-0.1, -0.05) is 36.0 Å². The van der Waals surface area contributed by atoms with E-state index in [1.54, 1.807) is 24.4 Å². The lowest BCUT2D eigenvalue weighted by molar-refractivity contribution is -0.113. The Morgan fingerprint density at radius 3 is 2.59 bits per heavy atom. The molecule has 0 aliphatic rings. The van der Waals surface area contributed by atoms with Gasteiger partial charge in [0.1, 0.15) is 5.82 Å². The summed E-state index contributed by atoms with van der Waals surface area (Å²) < 4.78 is 0. The van der Waals surface area contributed by atoms with Crippen LogP contribution in [0.3, 0.4) is 0 Å². The van der Waals surface area contributed by atoms with Crippen molar-refractivity contribution in [1.29, 1.82) is 0 Å². The Balaban J connectivity index is 1.39. The van der Waals surface area contributed by atoms with E-state index in [0.29, 0.717) is 5.03 Å². The SMILES string of the molecule is O=C(CSc1ccc(-c2nc3ccccc3[nH]2)cn1)Nc1ccccc1C(=O)O. The number of nitrogens with one attached hydrogen (secondary N) is 2. The van der Waals surface area contributed by atoms with E-state index in [1.807, 2.05) is 36.4 Å². The van der Waals surface area contributed by atoms with E-state index in [4.69, 9.17) is 0 Å². The van der Waals surface area contributed by atoms with Crippen LogP contribution in [0.5, 0.6) is 0 Å². The van der Waals surface area contributed by atoms with Crippen molar-refractivity contribution in [3.8, 4) is 11.4 Å². The molecule has 2 aromatic heterocycles. The highest BCUT2D eigenvalue weighted by atomic mass is 32.2. The van der Waals surface area contributed by atoms with Crippen LogP contribution >= 0.6 is 11.8 Å². The van der Waals surface area contributed by atoms with Crippen molar-refractivity contribution in [1.82, 2.24) is 15.0 Å². The summed E-state index contributed by atoms with van der Waals surface area (Å²) >= 11 is 1.27. The third-order valence-electron chi connectivity index (χ3n) is 4.18. The number of hydrogen-bond acceptors (Lipinski definition) is 5. The molecule has 0 saturated carbocycles. The molecule has 3 N–H and O–H groups in total. The van der Waals surface area contributed by atoms with Crippen molar-refractivity contribution >= 4 is 40.4 Å². The van der Waals surface area contributed by atoms with E-state index in [-0.39, 0.29) is 22.9 Å². The number of amides is 1. The second kappa shape index (κ2) is 8.15. The average molecular weight is 404 g/mol. The van der Waals surface area contributed by atoms with Crippen LogP contribution in [-0.4, -0.2) is 37.7 Å². The number of anilines is 1. The zero-order valence-corrected chi connectivity index (χ0v) is 15.9. The lowest BCUT2D eigenvalue weighted by Gasteiger charge is -2.08. The van der Waals surface area contributed by atoms with Crippen molar-refractivity contribution in [2.75, 3.05) is 11.1 Å². The molecule has 4 aromatic rings. The summed E-state index contributed by atoms with van der Waals surface area (Å²) in [7, 11) is 0. The first kappa shape index (κ1) is 18.7. The molecule has 4 rings (SSSR count). The maximum absolute atomic E-state index is 12.2. The minimum atomic E-state index is -1.09. The van der Waals surface area contributed by atoms with E-state index in [9.17, 15) is 14.7 Å². The molecule has 0 spiro atoms. The number of carbonyl (C=O) groups excluding carboxylic acids is 1. The molecule has 2 heterocycles. The van der Waals surface area contributed by atoms with Crippen LogP contribution in [0.15, 0.2) is 71.9 Å². The fourth-order valence-electron chi connectivity index (χ4n) is 2.80. The molecule has 7 nitrogen and oxygen atoms in total. The van der Waals surface area contributed by atoms with E-state index in [0.717, 1.165) is 22.4 Å². The summed E-state index contributed by atoms with van der Waals surface area (Å²) in [5, 5.41) is 12.5. The molecule has 0 saturated heterocycles. The monoisotopic (exact) mass is 404 g/mol. The largest absolute Gasteiger partial charge is 0.478 e. The number of aromatic carboxylic acids is 1. The zero-order valence-electron chi connectivity index (χ0n) is 15.1. The Hall–Kier alpha value is -3.65. The van der Waals surface area contributed by atoms with Crippen LogP contribution in [0.25, 0.3) is 22.4 Å². The zero-order chi connectivity index (χ0) is 20.2. The first-order valence-corrected chi connectivity index (χ1v) is 9.75. The Kier molecular flexibility index (Phi) is 5.26. The summed E-state index contributed by atoms with van der Waals surface area (Å²) in [6, 6.07) is 17.8. The second-order valence-corrected chi connectivity index (χ2v) is 7.17. The molecule has 2 aromatic carbocycles. The van der Waals surface area contributed by atoms with Gasteiger partial charge in [0.25, 0.3) is 0 Å². The molecular weight excluding hydrogens is 388 g/mol. The molecule has 0 atom stereocenters. The molecule has 1 amide bonds. The third kappa shape index (κ3) is 4.27. The fraction of sp³-hybridized carbons (Fsp3) is 0.0476. The number of benzene rings is 2. The van der Waals surface area contributed by atoms with Crippen LogP contribution in [-0.2, 0) is 4.79 Å². The van der Waals surface area contributed by atoms with Crippen LogP contribution in [0, 0.1) is 0 Å². The van der Waals surface area contributed by atoms with Crippen LogP contribution in [0.4, 0.5) is 5.69 Å². The van der Waals surface area contributed by atoms with Crippen LogP contribution < -0.4 is 5.32 Å². The van der Waals surface area contributed by atoms with Gasteiger partial charge in [0, 0.05) is 11.8 Å². The quantitative estimate of drug-likeness (QED) is 0.418. The van der Waals surface area contributed by atoms with E-state index in [2.05, 4.69) is 20.3 Å². The molecule has 0 aliphatic heterocycles. The number of fused-ring (bicyclic) bond motifs is 1. The van der Waals surface area contributed by atoms with Crippen molar-refractivity contribution in [3.05, 3.63) is 72.4 Å². The van der Waals surface area contributed by atoms with Crippen molar-refractivity contribution in [3.63, 3.8) is 0 Å². The number of thioether (sulfide) groups is 1. The van der Waals surface area contributed by atoms with Gasteiger partial charge in [-0.2, -0.15) is 0 Å². The molecule has 29 heavy (non-hydrogen) atoms. The maximum atomic E-state index is 12.2. The molecule has 0 unspecified atom stereocenters. The fourth-order valence-corrected chi connectivity index (χ4v) is 3.44. The van der Waals surface area contributed by atoms with Crippen molar-refractivity contribution in [2.45, 2.75) is 5.03 Å². The van der Waals surface area contributed by atoms with E-state index >= 15 is 0 Å². The number of carbonyl (C=O) groups is 2. The minimum Gasteiger partial charge on any atom is -0.478 e. The lowest BCUT2D eigenvalue weighted by Crippen LogP contribution is -2.16. The number of rotatable bonds is 6. The Morgan fingerprint density at radius 2 is 1.83 bits per heavy atom. The summed E-state index contributed by atoms with van der Waals surface area (Å²) in [4.78, 5) is 35.6. The predicted molar refractivity (Wildman–Crippen MR) is 112 cm³/mol. The Labute approximate surface area is 170 Å². The van der Waals surface area contributed by atoms with Gasteiger partial charge in [0.2, 0.25) is 5.91 Å². The Bertz CT molecular complexity index is 1150. The van der Waals surface area contributed by atoms with Crippen molar-refractivity contribution in [2.24, 2.45) is 0 Å². The number of aromatic amines is 1. The Morgan fingerprint density at radius 1 is 1.03 bits per heavy atom. The molecule has 0 radical (unpaired) electrons. The maximum Gasteiger partial charge on any atom is 0.337 e. The standard InChI is InChI=1S/C21H16N4O3S/c26-18(23-15-6-2-1-5-14(15)21(27)28)12-29-19-10-9-13(11-22-19)20-24-16-7-3-4-8-17(16)25-20/h1-11H,12H2,(H,23,26)(H,24,25)(H,27,28). The third-order valence-corrected chi connectivity index (χ3v) is 5.13. The van der Waals surface area contributed by atoms with E-state index in [1.165, 1.54) is 17.8 Å². The van der Waals surface area contributed by atoms with Gasteiger partial charge < -0.3 is 15.4 Å². The number of H-pyrrole nitrogens is 1. The summed E-state index contributed by atoms with van der Waals surface area (Å²) in [5.41, 5.74) is 3.03. The van der Waals surface area contributed by atoms with Gasteiger partial charge in [-0.25, -0.2) is 14.8 Å². The molecule has 8 heteroatoms. The first-order valence-electron chi connectivity index (χ1n) is 8.76. The highest BCUT2D eigenvalue weighted by Gasteiger charge is 2.12. The average Bonchev–Trinajstić information content (AvgIpc) is 3.17. The summed E-state index contributed by atoms with van der Waals surface area (Å²) in [6.45, 7) is 0. The van der Waals surface area contributed by atoms with Gasteiger partial charge in [-0.05, 0) is 36.4 Å². The lowest BCUT2D eigenvalue weighted by atomic mass is 10.2. The number of imidazole rings is 1. The number of nitrogens with zero attached hydrogens (tertiary/aromatic N) is 2. The number of para-hydroxylation sites is 3. The highest BCUT2D eigenvalue weighted by Crippen LogP contribution is 2.23. The highest BCUT2D eigenvalue weighted by molar-refractivity contribution is 7.99. The normalized spacial score (nSPS) is 10.8. The van der Waals surface area contributed by atoms with Gasteiger partial charge in [0.05, 0.1) is 33.1 Å². The summed E-state index contributed by atoms with van der Waals surface area (Å²) in [6.07, 6.45) is 1.71. The van der Waals surface area contributed by atoms with Gasteiger partial charge in [0.15, 0.2) is 0 Å². The van der Waals surface area contributed by atoms with E-state index < -0.39 is 5.97 Å². The number of hydrogen-bond donors (Lipinski definition) is 3. The second-order valence-electron chi connectivity index (χ2n) is 6.18. The van der Waals surface area contributed by atoms with Crippen LogP contribution in [0.2, 0.25) is 0 Å². The number of carboxylic acid groups (broad SMARTS) is 1. The van der Waals surface area contributed by atoms with Gasteiger partial charge >= 0.3 is 5.97 Å². The number of aromatic nitrogens is 3. The number of pyridine rings is 1. The first-order chi connectivity index (χ1) is 14.1. The predicted octanol–water partition coefficient (Wildman–Crippen LogP) is 4.05. The molecule has 144 valence electrons. The molecule has 0 fully saturated rings. The number of carboxylic acids is 1. The molecule has 0 bridgehead atoms. The molecule has 0 aliphatic carbocycles. The van der Waals surface area contributed by atoms with Crippen molar-refractivity contribution < 1.29 is 14.7 Å². The van der Waals surface area contributed by atoms with Gasteiger partial charge in [-0.15, -0.1) is 0 Å². The minimum absolute atomic E-state index is 0.0548.